The SMILES string of the molecule is CC1=C(CCON=CC(C)Oc2ccccc2)c2cc(F)ccc2/C1=C\c1ccncc1. The first-order chi connectivity index (χ1) is 15.6. The number of benzene rings is 2. The van der Waals surface area contributed by atoms with Crippen molar-refractivity contribution in [3.05, 3.63) is 101 Å². The Hall–Kier alpha value is -3.73. The van der Waals surface area contributed by atoms with Gasteiger partial charge in [-0.05, 0) is 89.7 Å². The molecule has 3 aromatic rings. The minimum Gasteiger partial charge on any atom is -0.485 e. The predicted molar refractivity (Wildman–Crippen MR) is 127 cm³/mol. The number of aromatic nitrogens is 1. The van der Waals surface area contributed by atoms with Crippen molar-refractivity contribution >= 4 is 23.4 Å². The van der Waals surface area contributed by atoms with E-state index in [1.54, 1.807) is 24.7 Å². The van der Waals surface area contributed by atoms with Crippen LogP contribution in [0.2, 0.25) is 0 Å². The van der Waals surface area contributed by atoms with Crippen molar-refractivity contribution in [3.63, 3.8) is 0 Å². The number of halogens is 1. The number of allylic oxidation sites excluding steroid dienone is 2. The molecule has 0 saturated heterocycles. The fraction of sp³-hybridized carbons (Fsp3) is 0.185. The molecular formula is C27H25FN2O2. The Bertz CT molecular complexity index is 1150. The van der Waals surface area contributed by atoms with Crippen LogP contribution in [0, 0.1) is 5.82 Å². The maximum Gasteiger partial charge on any atom is 0.134 e. The van der Waals surface area contributed by atoms with Gasteiger partial charge in [-0.15, -0.1) is 0 Å². The van der Waals surface area contributed by atoms with E-state index in [0.29, 0.717) is 13.0 Å². The number of oxime groups is 1. The molecule has 0 bridgehead atoms. The van der Waals surface area contributed by atoms with E-state index in [4.69, 9.17) is 9.57 Å². The Morgan fingerprint density at radius 2 is 1.81 bits per heavy atom. The molecule has 0 amide bonds. The van der Waals surface area contributed by atoms with Gasteiger partial charge < -0.3 is 9.57 Å². The highest BCUT2D eigenvalue weighted by atomic mass is 19.1. The second-order valence-electron chi connectivity index (χ2n) is 7.61. The Morgan fingerprint density at radius 1 is 1.03 bits per heavy atom. The highest BCUT2D eigenvalue weighted by molar-refractivity contribution is 6.05. The fourth-order valence-corrected chi connectivity index (χ4v) is 3.78. The maximum absolute atomic E-state index is 14.0. The maximum atomic E-state index is 14.0. The Labute approximate surface area is 187 Å². The van der Waals surface area contributed by atoms with Crippen LogP contribution in [-0.2, 0) is 4.84 Å². The summed E-state index contributed by atoms with van der Waals surface area (Å²) in [6, 6.07) is 18.4. The number of hydrogen-bond acceptors (Lipinski definition) is 4. The number of para-hydroxylation sites is 1. The minimum atomic E-state index is -0.245. The number of nitrogens with zero attached hydrogens (tertiary/aromatic N) is 2. The molecule has 0 saturated carbocycles. The molecule has 1 atom stereocenters. The molecule has 32 heavy (non-hydrogen) atoms. The van der Waals surface area contributed by atoms with Crippen LogP contribution in [0.3, 0.4) is 0 Å². The van der Waals surface area contributed by atoms with Gasteiger partial charge in [0.15, 0.2) is 0 Å². The number of ether oxygens (including phenoxy) is 1. The minimum absolute atomic E-state index is 0.213. The largest absolute Gasteiger partial charge is 0.485 e. The van der Waals surface area contributed by atoms with E-state index in [1.807, 2.05) is 55.5 Å². The van der Waals surface area contributed by atoms with E-state index < -0.39 is 0 Å². The second kappa shape index (κ2) is 10.1. The molecule has 1 heterocycles. The van der Waals surface area contributed by atoms with Crippen molar-refractivity contribution in [2.24, 2.45) is 5.16 Å². The third kappa shape index (κ3) is 5.11. The molecular weight excluding hydrogens is 403 g/mol. The topological polar surface area (TPSA) is 43.7 Å². The van der Waals surface area contributed by atoms with Gasteiger partial charge in [-0.1, -0.05) is 29.4 Å². The molecule has 0 spiro atoms. The van der Waals surface area contributed by atoms with Gasteiger partial charge in [0.05, 0.1) is 6.21 Å². The zero-order valence-corrected chi connectivity index (χ0v) is 18.2. The lowest BCUT2D eigenvalue weighted by Gasteiger charge is -2.10. The summed E-state index contributed by atoms with van der Waals surface area (Å²) >= 11 is 0. The Morgan fingerprint density at radius 3 is 2.59 bits per heavy atom. The molecule has 0 N–H and O–H groups in total. The molecule has 0 radical (unpaired) electrons. The van der Waals surface area contributed by atoms with E-state index in [0.717, 1.165) is 39.2 Å². The third-order valence-electron chi connectivity index (χ3n) is 5.32. The van der Waals surface area contributed by atoms with Crippen molar-refractivity contribution in [2.45, 2.75) is 26.4 Å². The third-order valence-corrected chi connectivity index (χ3v) is 5.32. The Balaban J connectivity index is 1.43. The zero-order valence-electron chi connectivity index (χ0n) is 18.2. The summed E-state index contributed by atoms with van der Waals surface area (Å²) in [5, 5.41) is 4.05. The van der Waals surface area contributed by atoms with Crippen LogP contribution in [0.5, 0.6) is 5.75 Å². The highest BCUT2D eigenvalue weighted by Gasteiger charge is 2.24. The number of fused-ring (bicyclic) bond motifs is 1. The summed E-state index contributed by atoms with van der Waals surface area (Å²) in [4.78, 5) is 9.56. The van der Waals surface area contributed by atoms with Gasteiger partial charge in [-0.2, -0.15) is 0 Å². The van der Waals surface area contributed by atoms with Gasteiger partial charge in [-0.3, -0.25) is 4.98 Å². The van der Waals surface area contributed by atoms with E-state index in [-0.39, 0.29) is 11.9 Å². The normalized spacial score (nSPS) is 15.3. The summed E-state index contributed by atoms with van der Waals surface area (Å²) in [6.45, 7) is 4.36. The molecule has 0 fully saturated rings. The average Bonchev–Trinajstić information content (AvgIpc) is 3.05. The predicted octanol–water partition coefficient (Wildman–Crippen LogP) is 6.41. The van der Waals surface area contributed by atoms with Gasteiger partial charge in [0, 0.05) is 18.8 Å². The van der Waals surface area contributed by atoms with Crippen molar-refractivity contribution in [1.82, 2.24) is 4.98 Å². The van der Waals surface area contributed by atoms with E-state index in [1.165, 1.54) is 6.07 Å². The number of hydrogen-bond donors (Lipinski definition) is 0. The first-order valence-corrected chi connectivity index (χ1v) is 10.6. The van der Waals surface area contributed by atoms with Crippen LogP contribution in [-0.4, -0.2) is 23.9 Å². The van der Waals surface area contributed by atoms with Crippen LogP contribution in [0.15, 0.2) is 83.8 Å². The average molecular weight is 429 g/mol. The second-order valence-corrected chi connectivity index (χ2v) is 7.61. The summed E-state index contributed by atoms with van der Waals surface area (Å²) in [6.07, 6.45) is 7.69. The molecule has 5 heteroatoms. The first kappa shape index (κ1) is 21.5. The number of pyridine rings is 1. The van der Waals surface area contributed by atoms with E-state index in [9.17, 15) is 4.39 Å². The summed E-state index contributed by atoms with van der Waals surface area (Å²) < 4.78 is 19.8. The lowest BCUT2D eigenvalue weighted by Crippen LogP contribution is -2.13. The summed E-state index contributed by atoms with van der Waals surface area (Å²) in [5.74, 6) is 0.537. The number of rotatable bonds is 8. The quantitative estimate of drug-likeness (QED) is 0.237. The molecule has 1 unspecified atom stereocenters. The van der Waals surface area contributed by atoms with Crippen LogP contribution < -0.4 is 4.74 Å². The molecule has 162 valence electrons. The van der Waals surface area contributed by atoms with Gasteiger partial charge in [0.25, 0.3) is 0 Å². The monoisotopic (exact) mass is 428 g/mol. The van der Waals surface area contributed by atoms with Crippen molar-refractivity contribution in [2.75, 3.05) is 6.61 Å². The summed E-state index contributed by atoms with van der Waals surface area (Å²) in [5.41, 5.74) is 6.29. The van der Waals surface area contributed by atoms with Gasteiger partial charge in [-0.25, -0.2) is 4.39 Å². The van der Waals surface area contributed by atoms with Crippen LogP contribution in [0.1, 0.15) is 37.0 Å². The summed E-state index contributed by atoms with van der Waals surface area (Å²) in [7, 11) is 0. The van der Waals surface area contributed by atoms with Crippen LogP contribution in [0.4, 0.5) is 4.39 Å². The lowest BCUT2D eigenvalue weighted by atomic mass is 10.0. The zero-order chi connectivity index (χ0) is 22.3. The van der Waals surface area contributed by atoms with Crippen LogP contribution >= 0.6 is 0 Å². The molecule has 0 aliphatic heterocycles. The highest BCUT2D eigenvalue weighted by Crippen LogP contribution is 2.43. The molecule has 4 rings (SSSR count). The van der Waals surface area contributed by atoms with Gasteiger partial charge >= 0.3 is 0 Å². The lowest BCUT2D eigenvalue weighted by molar-refractivity contribution is 0.148. The van der Waals surface area contributed by atoms with Crippen molar-refractivity contribution in [1.29, 1.82) is 0 Å². The fourth-order valence-electron chi connectivity index (χ4n) is 3.78. The van der Waals surface area contributed by atoms with Gasteiger partial charge in [0.2, 0.25) is 0 Å². The molecule has 1 aliphatic carbocycles. The van der Waals surface area contributed by atoms with Crippen molar-refractivity contribution in [3.8, 4) is 5.75 Å². The van der Waals surface area contributed by atoms with E-state index in [2.05, 4.69) is 23.1 Å². The van der Waals surface area contributed by atoms with Crippen LogP contribution in [0.25, 0.3) is 17.2 Å². The smallest absolute Gasteiger partial charge is 0.134 e. The molecule has 1 aromatic heterocycles. The van der Waals surface area contributed by atoms with Gasteiger partial charge in [0.1, 0.15) is 24.3 Å². The van der Waals surface area contributed by atoms with E-state index >= 15 is 0 Å². The first-order valence-electron chi connectivity index (χ1n) is 10.6. The molecule has 2 aromatic carbocycles. The standard InChI is InChI=1S/C27H25FN2O2/c1-19(32-23-6-4-3-5-7-23)18-30-31-15-12-24-20(2)26(16-21-10-13-29-14-11-21)25-9-8-22(28)17-27(24)25/h3-11,13-14,16-19H,12,15H2,1-2H3/b26-16-,30-18?. The molecule has 1 aliphatic rings. The Kier molecular flexibility index (Phi) is 6.75. The molecule has 4 nitrogen and oxygen atoms in total. The van der Waals surface area contributed by atoms with Crippen molar-refractivity contribution < 1.29 is 14.0 Å².